The third kappa shape index (κ3) is 6.93. The van der Waals surface area contributed by atoms with Crippen molar-refractivity contribution in [3.63, 3.8) is 0 Å². The van der Waals surface area contributed by atoms with Crippen molar-refractivity contribution >= 4 is 44.8 Å². The number of amides is 1. The first-order valence-electron chi connectivity index (χ1n) is 10.9. The van der Waals surface area contributed by atoms with Gasteiger partial charge in [0, 0.05) is 11.6 Å². The van der Waals surface area contributed by atoms with Gasteiger partial charge in [0.15, 0.2) is 0 Å². The van der Waals surface area contributed by atoms with E-state index in [4.69, 9.17) is 23.2 Å². The van der Waals surface area contributed by atoms with Crippen molar-refractivity contribution in [2.45, 2.75) is 30.8 Å². The molecule has 0 saturated heterocycles. The summed E-state index contributed by atoms with van der Waals surface area (Å²) in [4.78, 5) is 12.5. The molecule has 1 amide bonds. The summed E-state index contributed by atoms with van der Waals surface area (Å²) in [7, 11) is -4.38. The van der Waals surface area contributed by atoms with Crippen LogP contribution in [0.25, 0.3) is 0 Å². The smallest absolute Gasteiger partial charge is 0.355 e. The molecule has 0 radical (unpaired) electrons. The molecule has 3 rings (SSSR count). The van der Waals surface area contributed by atoms with Crippen LogP contribution in [-0.2, 0) is 27.4 Å². The van der Waals surface area contributed by atoms with Crippen LogP contribution >= 0.6 is 23.2 Å². The summed E-state index contributed by atoms with van der Waals surface area (Å²) in [5.41, 5.74) is 0.157. The molecule has 0 aliphatic rings. The van der Waals surface area contributed by atoms with Crippen LogP contribution in [0.15, 0.2) is 71.6 Å². The van der Waals surface area contributed by atoms with Gasteiger partial charge in [0.1, 0.15) is 6.54 Å². The lowest BCUT2D eigenvalue weighted by molar-refractivity contribution is -0.137. The fraction of sp³-hybridized carbons (Fsp3) is 0.240. The number of hydrogen-bond donors (Lipinski definition) is 1. The Morgan fingerprint density at radius 1 is 0.972 bits per heavy atom. The first-order chi connectivity index (χ1) is 16.9. The highest BCUT2D eigenvalue weighted by Gasteiger charge is 2.35. The zero-order chi connectivity index (χ0) is 26.5. The number of sulfonamides is 1. The second kappa shape index (κ2) is 11.5. The number of nitrogens with one attached hydrogen (secondary N) is 1. The highest BCUT2D eigenvalue weighted by molar-refractivity contribution is 7.92. The van der Waals surface area contributed by atoms with Gasteiger partial charge in [0.25, 0.3) is 10.0 Å². The first kappa shape index (κ1) is 27.8. The number of nitrogens with zero attached hydrogens (tertiary/aromatic N) is 1. The van der Waals surface area contributed by atoms with Gasteiger partial charge < -0.3 is 5.32 Å². The maximum absolute atomic E-state index is 13.5. The zero-order valence-corrected chi connectivity index (χ0v) is 21.5. The molecule has 3 aromatic carbocycles. The number of halogens is 5. The van der Waals surface area contributed by atoms with Crippen LogP contribution in [0, 0.1) is 6.92 Å². The topological polar surface area (TPSA) is 66.5 Å². The predicted octanol–water partition coefficient (Wildman–Crippen LogP) is 6.26. The van der Waals surface area contributed by atoms with Crippen molar-refractivity contribution in [2.75, 3.05) is 17.4 Å². The molecule has 0 saturated carbocycles. The highest BCUT2D eigenvalue weighted by atomic mass is 35.5. The minimum atomic E-state index is -4.81. The SMILES string of the molecule is Cc1ccc(S(=O)(=O)N(CC(=O)NCCCc2ccccc2Cl)c2ccc(Cl)c(C(F)(F)F)c2)cc1. The van der Waals surface area contributed by atoms with Gasteiger partial charge in [0.05, 0.1) is 21.2 Å². The summed E-state index contributed by atoms with van der Waals surface area (Å²) in [6, 6.07) is 15.8. The predicted molar refractivity (Wildman–Crippen MR) is 135 cm³/mol. The molecule has 0 fully saturated rings. The van der Waals surface area contributed by atoms with Crippen molar-refractivity contribution < 1.29 is 26.4 Å². The summed E-state index contributed by atoms with van der Waals surface area (Å²) in [6.07, 6.45) is -3.70. The van der Waals surface area contributed by atoms with Crippen molar-refractivity contribution in [1.82, 2.24) is 5.32 Å². The van der Waals surface area contributed by atoms with E-state index in [1.165, 1.54) is 12.1 Å². The van der Waals surface area contributed by atoms with Crippen molar-refractivity contribution in [3.05, 3.63) is 93.5 Å². The maximum atomic E-state index is 13.5. The second-order valence-electron chi connectivity index (χ2n) is 8.03. The van der Waals surface area contributed by atoms with Gasteiger partial charge in [-0.25, -0.2) is 8.42 Å². The minimum absolute atomic E-state index is 0.164. The number of carbonyl (C=O) groups is 1. The molecule has 0 aliphatic carbocycles. The quantitative estimate of drug-likeness (QED) is 0.315. The van der Waals surface area contributed by atoms with Crippen LogP contribution in [0.5, 0.6) is 0 Å². The largest absolute Gasteiger partial charge is 0.417 e. The number of carbonyl (C=O) groups excluding carboxylic acids is 1. The Kier molecular flexibility index (Phi) is 8.92. The summed E-state index contributed by atoms with van der Waals surface area (Å²) in [5, 5.41) is 2.64. The number of benzene rings is 3. The fourth-order valence-corrected chi connectivity index (χ4v) is 5.30. The lowest BCUT2D eigenvalue weighted by Gasteiger charge is -2.25. The second-order valence-corrected chi connectivity index (χ2v) is 10.7. The Bertz CT molecular complexity index is 1330. The Balaban J connectivity index is 1.84. The minimum Gasteiger partial charge on any atom is -0.355 e. The van der Waals surface area contributed by atoms with Gasteiger partial charge in [-0.15, -0.1) is 0 Å². The lowest BCUT2D eigenvalue weighted by atomic mass is 10.1. The molecule has 3 aromatic rings. The summed E-state index contributed by atoms with van der Waals surface area (Å²) in [6.45, 7) is 1.26. The maximum Gasteiger partial charge on any atom is 0.417 e. The van der Waals surface area contributed by atoms with Gasteiger partial charge in [0.2, 0.25) is 5.91 Å². The van der Waals surface area contributed by atoms with E-state index in [2.05, 4.69) is 5.32 Å². The molecule has 0 bridgehead atoms. The van der Waals surface area contributed by atoms with Crippen molar-refractivity contribution in [3.8, 4) is 0 Å². The third-order valence-electron chi connectivity index (χ3n) is 5.34. The Hall–Kier alpha value is -2.75. The molecule has 0 heterocycles. The van der Waals surface area contributed by atoms with E-state index in [1.54, 1.807) is 31.2 Å². The molecule has 0 atom stereocenters. The molecule has 1 N–H and O–H groups in total. The van der Waals surface area contributed by atoms with E-state index >= 15 is 0 Å². The Morgan fingerprint density at radius 3 is 2.28 bits per heavy atom. The normalized spacial score (nSPS) is 11.8. The molecule has 5 nitrogen and oxygen atoms in total. The van der Waals surface area contributed by atoms with E-state index in [0.29, 0.717) is 28.2 Å². The molecule has 0 spiro atoms. The molecule has 11 heteroatoms. The van der Waals surface area contributed by atoms with Crippen LogP contribution < -0.4 is 9.62 Å². The number of alkyl halides is 3. The average molecular weight is 559 g/mol. The highest BCUT2D eigenvalue weighted by Crippen LogP contribution is 2.38. The van der Waals surface area contributed by atoms with E-state index < -0.39 is 39.2 Å². The Labute approximate surface area is 217 Å². The van der Waals surface area contributed by atoms with Gasteiger partial charge in [-0.1, -0.05) is 59.1 Å². The summed E-state index contributed by atoms with van der Waals surface area (Å²) < 4.78 is 67.8. The standard InChI is InChI=1S/C25H23Cl2F3N2O3S/c1-17-8-11-20(12-9-17)36(34,35)32(19-10-13-23(27)21(15-19)25(28,29)30)16-24(33)31-14-4-6-18-5-2-3-7-22(18)26/h2-3,5,7-13,15H,4,6,14,16H2,1H3,(H,31,33). The molecule has 0 unspecified atom stereocenters. The van der Waals surface area contributed by atoms with Gasteiger partial charge in [-0.05, 0) is 61.7 Å². The molecular weight excluding hydrogens is 536 g/mol. The van der Waals surface area contributed by atoms with Crippen LogP contribution in [-0.4, -0.2) is 27.4 Å². The number of hydrogen-bond acceptors (Lipinski definition) is 3. The van der Waals surface area contributed by atoms with Gasteiger partial charge >= 0.3 is 6.18 Å². The lowest BCUT2D eigenvalue weighted by Crippen LogP contribution is -2.41. The summed E-state index contributed by atoms with van der Waals surface area (Å²) in [5.74, 6) is -0.673. The van der Waals surface area contributed by atoms with Gasteiger partial charge in [-0.3, -0.25) is 9.10 Å². The average Bonchev–Trinajstić information content (AvgIpc) is 2.81. The van der Waals surface area contributed by atoms with Crippen LogP contribution in [0.3, 0.4) is 0 Å². The van der Waals surface area contributed by atoms with Crippen molar-refractivity contribution in [2.24, 2.45) is 0 Å². The van der Waals surface area contributed by atoms with Crippen LogP contribution in [0.4, 0.5) is 18.9 Å². The van der Waals surface area contributed by atoms with E-state index in [9.17, 15) is 26.4 Å². The monoisotopic (exact) mass is 558 g/mol. The van der Waals surface area contributed by atoms with E-state index in [0.717, 1.165) is 23.3 Å². The van der Waals surface area contributed by atoms with Crippen LogP contribution in [0.1, 0.15) is 23.1 Å². The Morgan fingerprint density at radius 2 is 1.64 bits per heavy atom. The fourth-order valence-electron chi connectivity index (χ4n) is 3.43. The van der Waals surface area contributed by atoms with Crippen LogP contribution in [0.2, 0.25) is 10.0 Å². The summed E-state index contributed by atoms with van der Waals surface area (Å²) >= 11 is 11.8. The first-order valence-corrected chi connectivity index (χ1v) is 13.1. The van der Waals surface area contributed by atoms with E-state index in [-0.39, 0.29) is 17.1 Å². The zero-order valence-electron chi connectivity index (χ0n) is 19.1. The number of rotatable bonds is 9. The number of aryl methyl sites for hydroxylation is 2. The van der Waals surface area contributed by atoms with Crippen molar-refractivity contribution in [1.29, 1.82) is 0 Å². The molecule has 36 heavy (non-hydrogen) atoms. The third-order valence-corrected chi connectivity index (χ3v) is 7.83. The van der Waals surface area contributed by atoms with E-state index in [1.807, 2.05) is 12.1 Å². The molecular formula is C25H23Cl2F3N2O3S. The van der Waals surface area contributed by atoms with Gasteiger partial charge in [-0.2, -0.15) is 13.2 Å². The molecule has 0 aliphatic heterocycles. The molecule has 0 aromatic heterocycles. The molecule has 192 valence electrons. The number of anilines is 1.